The van der Waals surface area contributed by atoms with Crippen molar-refractivity contribution in [3.8, 4) is 11.4 Å². The van der Waals surface area contributed by atoms with Crippen molar-refractivity contribution in [2.75, 3.05) is 19.6 Å². The molecule has 0 bridgehead atoms. The molecule has 0 saturated carbocycles. The highest BCUT2D eigenvalue weighted by molar-refractivity contribution is 5.78. The topological polar surface area (TPSA) is 71.3 Å². The van der Waals surface area contributed by atoms with E-state index in [9.17, 15) is 9.18 Å². The summed E-state index contributed by atoms with van der Waals surface area (Å²) in [6.45, 7) is 4.59. The zero-order valence-electron chi connectivity index (χ0n) is 17.0. The Labute approximate surface area is 175 Å². The van der Waals surface area contributed by atoms with Crippen molar-refractivity contribution in [3.05, 3.63) is 71.4 Å². The van der Waals surface area contributed by atoms with Gasteiger partial charge in [-0.05, 0) is 62.7 Å². The molecule has 156 valence electrons. The van der Waals surface area contributed by atoms with Crippen LogP contribution >= 0.6 is 0 Å². The number of halogens is 1. The second kappa shape index (κ2) is 9.17. The molecule has 1 fully saturated rings. The first-order valence-corrected chi connectivity index (χ1v) is 10.2. The molecule has 1 aliphatic rings. The van der Waals surface area contributed by atoms with E-state index in [1.165, 1.54) is 17.7 Å². The first kappa shape index (κ1) is 20.2. The highest BCUT2D eigenvalue weighted by atomic mass is 19.1. The van der Waals surface area contributed by atoms with Gasteiger partial charge in [0.25, 0.3) is 0 Å². The minimum absolute atomic E-state index is 0.0328. The smallest absolute Gasteiger partial charge is 0.234 e. The van der Waals surface area contributed by atoms with Gasteiger partial charge in [0.1, 0.15) is 5.82 Å². The fourth-order valence-corrected chi connectivity index (χ4v) is 3.62. The van der Waals surface area contributed by atoms with E-state index in [-0.39, 0.29) is 17.6 Å². The van der Waals surface area contributed by atoms with Gasteiger partial charge in [-0.3, -0.25) is 9.69 Å². The summed E-state index contributed by atoms with van der Waals surface area (Å²) in [6, 6.07) is 14.2. The molecule has 4 rings (SSSR count). The number of hydrogen-bond acceptors (Lipinski definition) is 5. The Kier molecular flexibility index (Phi) is 6.18. The largest absolute Gasteiger partial charge is 0.351 e. The summed E-state index contributed by atoms with van der Waals surface area (Å²) in [6.07, 6.45) is 1.71. The van der Waals surface area contributed by atoms with Crippen LogP contribution in [0, 0.1) is 12.7 Å². The van der Waals surface area contributed by atoms with Crippen molar-refractivity contribution in [2.24, 2.45) is 0 Å². The Morgan fingerprint density at radius 2 is 1.83 bits per heavy atom. The standard InChI is InChI=1S/C23H25FN4O2/c1-16-2-4-17(5-3-16)14-25-21(29)15-28-12-10-19(11-13-28)23-26-22(27-30-23)18-6-8-20(24)9-7-18/h2-9,19H,10-15H2,1H3,(H,25,29). The monoisotopic (exact) mass is 408 g/mol. The lowest BCUT2D eigenvalue weighted by atomic mass is 9.97. The van der Waals surface area contributed by atoms with Crippen LogP contribution in [0.2, 0.25) is 0 Å². The second-order valence-corrected chi connectivity index (χ2v) is 7.78. The maximum Gasteiger partial charge on any atom is 0.234 e. The van der Waals surface area contributed by atoms with Crippen molar-refractivity contribution < 1.29 is 13.7 Å². The van der Waals surface area contributed by atoms with Crippen molar-refractivity contribution in [2.45, 2.75) is 32.2 Å². The summed E-state index contributed by atoms with van der Waals surface area (Å²) in [5.41, 5.74) is 3.04. The minimum Gasteiger partial charge on any atom is -0.351 e. The summed E-state index contributed by atoms with van der Waals surface area (Å²) in [5, 5.41) is 7.02. The van der Waals surface area contributed by atoms with Crippen LogP contribution in [-0.4, -0.2) is 40.6 Å². The van der Waals surface area contributed by atoms with Crippen LogP contribution in [0.15, 0.2) is 53.1 Å². The van der Waals surface area contributed by atoms with Crippen molar-refractivity contribution in [1.29, 1.82) is 0 Å². The molecule has 0 spiro atoms. The zero-order valence-corrected chi connectivity index (χ0v) is 17.0. The van der Waals surface area contributed by atoms with Crippen LogP contribution in [0.5, 0.6) is 0 Å². The third-order valence-corrected chi connectivity index (χ3v) is 5.46. The number of carbonyl (C=O) groups excluding carboxylic acids is 1. The summed E-state index contributed by atoms with van der Waals surface area (Å²) >= 11 is 0. The molecular weight excluding hydrogens is 383 g/mol. The average molecular weight is 408 g/mol. The van der Waals surface area contributed by atoms with E-state index in [4.69, 9.17) is 4.52 Å². The van der Waals surface area contributed by atoms with Crippen LogP contribution in [0.25, 0.3) is 11.4 Å². The number of benzene rings is 2. The third kappa shape index (κ3) is 5.10. The molecular formula is C23H25FN4O2. The van der Waals surface area contributed by atoms with Crippen molar-refractivity contribution >= 4 is 5.91 Å². The van der Waals surface area contributed by atoms with Gasteiger partial charge in [0.2, 0.25) is 17.6 Å². The first-order chi connectivity index (χ1) is 14.6. The molecule has 1 aliphatic heterocycles. The lowest BCUT2D eigenvalue weighted by Gasteiger charge is -2.29. The van der Waals surface area contributed by atoms with E-state index < -0.39 is 0 Å². The number of carbonyl (C=O) groups is 1. The Morgan fingerprint density at radius 1 is 1.13 bits per heavy atom. The molecule has 2 heterocycles. The normalized spacial score (nSPS) is 15.3. The SMILES string of the molecule is Cc1ccc(CNC(=O)CN2CCC(c3nc(-c4ccc(F)cc4)no3)CC2)cc1. The van der Waals surface area contributed by atoms with Crippen molar-refractivity contribution in [1.82, 2.24) is 20.4 Å². The van der Waals surface area contributed by atoms with E-state index in [0.29, 0.717) is 24.8 Å². The second-order valence-electron chi connectivity index (χ2n) is 7.78. The van der Waals surface area contributed by atoms with Crippen molar-refractivity contribution in [3.63, 3.8) is 0 Å². The van der Waals surface area contributed by atoms with Crippen LogP contribution in [0.1, 0.15) is 35.8 Å². The Hall–Kier alpha value is -3.06. The molecule has 6 nitrogen and oxygen atoms in total. The maximum absolute atomic E-state index is 13.1. The van der Waals surface area contributed by atoms with Crippen LogP contribution in [0.3, 0.4) is 0 Å². The summed E-state index contributed by atoms with van der Waals surface area (Å²) in [7, 11) is 0. The molecule has 3 aromatic rings. The number of amides is 1. The highest BCUT2D eigenvalue weighted by Crippen LogP contribution is 2.28. The Balaban J connectivity index is 1.24. The Morgan fingerprint density at radius 3 is 2.53 bits per heavy atom. The molecule has 0 aliphatic carbocycles. The van der Waals surface area contributed by atoms with Gasteiger partial charge < -0.3 is 9.84 Å². The zero-order chi connectivity index (χ0) is 20.9. The molecule has 0 unspecified atom stereocenters. The molecule has 30 heavy (non-hydrogen) atoms. The van der Waals surface area contributed by atoms with Crippen LogP contribution in [-0.2, 0) is 11.3 Å². The molecule has 0 radical (unpaired) electrons. The third-order valence-electron chi connectivity index (χ3n) is 5.46. The number of rotatable bonds is 6. The van der Waals surface area contributed by atoms with Gasteiger partial charge in [0, 0.05) is 18.0 Å². The van der Waals surface area contributed by atoms with E-state index in [1.807, 2.05) is 31.2 Å². The van der Waals surface area contributed by atoms with E-state index in [2.05, 4.69) is 20.4 Å². The minimum atomic E-state index is -0.294. The van der Waals surface area contributed by atoms with Gasteiger partial charge >= 0.3 is 0 Å². The molecule has 1 N–H and O–H groups in total. The summed E-state index contributed by atoms with van der Waals surface area (Å²) in [5.74, 6) is 1.00. The Bertz CT molecular complexity index is 977. The lowest BCUT2D eigenvalue weighted by molar-refractivity contribution is -0.122. The highest BCUT2D eigenvalue weighted by Gasteiger charge is 2.26. The summed E-state index contributed by atoms with van der Waals surface area (Å²) in [4.78, 5) is 18.9. The van der Waals surface area contributed by atoms with Crippen LogP contribution < -0.4 is 5.32 Å². The van der Waals surface area contributed by atoms with Crippen LogP contribution in [0.4, 0.5) is 4.39 Å². The number of nitrogens with one attached hydrogen (secondary N) is 1. The predicted molar refractivity (Wildman–Crippen MR) is 111 cm³/mol. The van der Waals surface area contributed by atoms with Gasteiger partial charge in [-0.1, -0.05) is 35.0 Å². The molecule has 7 heteroatoms. The maximum atomic E-state index is 13.1. The quantitative estimate of drug-likeness (QED) is 0.674. The van der Waals surface area contributed by atoms with E-state index in [0.717, 1.165) is 37.1 Å². The predicted octanol–water partition coefficient (Wildman–Crippen LogP) is 3.68. The average Bonchev–Trinajstić information content (AvgIpc) is 3.25. The lowest BCUT2D eigenvalue weighted by Crippen LogP contribution is -2.41. The number of hydrogen-bond donors (Lipinski definition) is 1. The first-order valence-electron chi connectivity index (χ1n) is 10.2. The summed E-state index contributed by atoms with van der Waals surface area (Å²) < 4.78 is 18.5. The molecule has 1 amide bonds. The molecule has 1 aromatic heterocycles. The van der Waals surface area contributed by atoms with Gasteiger partial charge in [-0.15, -0.1) is 0 Å². The van der Waals surface area contributed by atoms with Gasteiger partial charge in [0.05, 0.1) is 6.54 Å². The van der Waals surface area contributed by atoms with Gasteiger partial charge in [-0.2, -0.15) is 4.98 Å². The number of piperidine rings is 1. The number of aryl methyl sites for hydroxylation is 1. The van der Waals surface area contributed by atoms with E-state index in [1.54, 1.807) is 12.1 Å². The molecule has 0 atom stereocenters. The molecule has 2 aromatic carbocycles. The number of likely N-dealkylation sites (tertiary alicyclic amines) is 1. The van der Waals surface area contributed by atoms with Gasteiger partial charge in [-0.25, -0.2) is 4.39 Å². The van der Waals surface area contributed by atoms with Gasteiger partial charge in [0.15, 0.2) is 0 Å². The number of aromatic nitrogens is 2. The number of nitrogens with zero attached hydrogens (tertiary/aromatic N) is 3. The fraction of sp³-hybridized carbons (Fsp3) is 0.348. The molecule has 1 saturated heterocycles. The van der Waals surface area contributed by atoms with E-state index >= 15 is 0 Å². The fourth-order valence-electron chi connectivity index (χ4n) is 3.62.